The van der Waals surface area contributed by atoms with Gasteiger partial charge in [-0.25, -0.2) is 4.39 Å². The van der Waals surface area contributed by atoms with Crippen molar-refractivity contribution in [2.45, 2.75) is 19.5 Å². The highest BCUT2D eigenvalue weighted by Crippen LogP contribution is 2.21. The summed E-state index contributed by atoms with van der Waals surface area (Å²) in [6, 6.07) is 10.6. The predicted molar refractivity (Wildman–Crippen MR) is 86.3 cm³/mol. The number of nitrogens with zero attached hydrogens (tertiary/aromatic N) is 2. The molecule has 0 unspecified atom stereocenters. The van der Waals surface area contributed by atoms with Crippen molar-refractivity contribution in [3.63, 3.8) is 0 Å². The maximum atomic E-state index is 14.0. The lowest BCUT2D eigenvalue weighted by atomic mass is 10.2. The average molecular weight is 323 g/mol. The molecule has 1 aromatic heterocycles. The number of methoxy groups -OCH3 is 1. The van der Waals surface area contributed by atoms with Gasteiger partial charge in [0.15, 0.2) is 0 Å². The van der Waals surface area contributed by atoms with Crippen LogP contribution in [0.3, 0.4) is 0 Å². The Labute approximate surface area is 135 Å². The Hall–Kier alpha value is -1.49. The molecular weight excluding hydrogens is 303 g/mol. The molecule has 0 spiro atoms. The molecule has 0 fully saturated rings. The number of benzene rings is 1. The van der Waals surface area contributed by atoms with Crippen LogP contribution in [0, 0.1) is 5.82 Å². The van der Waals surface area contributed by atoms with Gasteiger partial charge in [-0.05, 0) is 30.7 Å². The molecule has 0 aliphatic heterocycles. The number of hydrogen-bond donors (Lipinski definition) is 0. The quantitative estimate of drug-likeness (QED) is 0.689. The molecule has 0 saturated carbocycles. The highest BCUT2D eigenvalue weighted by Gasteiger charge is 2.13. The molecule has 2 rings (SSSR count). The van der Waals surface area contributed by atoms with Gasteiger partial charge in [0.05, 0.1) is 5.69 Å². The standard InChI is InChI=1S/C17H20ClFN2O/c1-22-11-5-10-21(12-14-6-2-3-9-20-14)13-15-16(18)7-4-8-17(15)19/h2-4,6-9H,5,10-13H2,1H3. The fourth-order valence-corrected chi connectivity index (χ4v) is 2.50. The molecule has 118 valence electrons. The fraction of sp³-hybridized carbons (Fsp3) is 0.353. The summed E-state index contributed by atoms with van der Waals surface area (Å²) in [6.07, 6.45) is 2.63. The summed E-state index contributed by atoms with van der Waals surface area (Å²) in [5, 5.41) is 0.456. The van der Waals surface area contributed by atoms with Gasteiger partial charge in [-0.15, -0.1) is 0 Å². The molecule has 5 heteroatoms. The van der Waals surface area contributed by atoms with Gasteiger partial charge in [0.2, 0.25) is 0 Å². The van der Waals surface area contributed by atoms with Gasteiger partial charge in [-0.1, -0.05) is 23.7 Å². The van der Waals surface area contributed by atoms with Crippen molar-refractivity contribution >= 4 is 11.6 Å². The second-order valence-corrected chi connectivity index (χ2v) is 5.49. The van der Waals surface area contributed by atoms with E-state index in [0.29, 0.717) is 30.3 Å². The molecule has 0 atom stereocenters. The van der Waals surface area contributed by atoms with Crippen molar-refractivity contribution in [1.82, 2.24) is 9.88 Å². The van der Waals surface area contributed by atoms with E-state index in [2.05, 4.69) is 9.88 Å². The minimum atomic E-state index is -0.273. The zero-order valence-corrected chi connectivity index (χ0v) is 13.4. The first-order valence-corrected chi connectivity index (χ1v) is 7.62. The fourth-order valence-electron chi connectivity index (χ4n) is 2.27. The Kier molecular flexibility index (Phi) is 6.77. The third-order valence-corrected chi connectivity index (χ3v) is 3.73. The normalized spacial score (nSPS) is 11.1. The SMILES string of the molecule is COCCCN(Cc1ccccn1)Cc1c(F)cccc1Cl. The van der Waals surface area contributed by atoms with Crippen LogP contribution in [0.1, 0.15) is 17.7 Å². The number of halogens is 2. The molecule has 0 amide bonds. The zero-order valence-electron chi connectivity index (χ0n) is 12.6. The van der Waals surface area contributed by atoms with Crippen LogP contribution in [0.5, 0.6) is 0 Å². The lowest BCUT2D eigenvalue weighted by Gasteiger charge is -2.22. The van der Waals surface area contributed by atoms with Crippen molar-refractivity contribution in [2.24, 2.45) is 0 Å². The highest BCUT2D eigenvalue weighted by atomic mass is 35.5. The summed E-state index contributed by atoms with van der Waals surface area (Å²) in [6.45, 7) is 2.56. The number of ether oxygens (including phenoxy) is 1. The first kappa shape index (κ1) is 16.9. The van der Waals surface area contributed by atoms with Gasteiger partial charge >= 0.3 is 0 Å². The average Bonchev–Trinajstić information content (AvgIpc) is 2.52. The van der Waals surface area contributed by atoms with E-state index in [0.717, 1.165) is 18.7 Å². The minimum absolute atomic E-state index is 0.273. The van der Waals surface area contributed by atoms with Crippen molar-refractivity contribution in [3.8, 4) is 0 Å². The first-order valence-electron chi connectivity index (χ1n) is 7.25. The Morgan fingerprint density at radius 2 is 2.05 bits per heavy atom. The third-order valence-electron chi connectivity index (χ3n) is 3.38. The molecule has 0 N–H and O–H groups in total. The van der Waals surface area contributed by atoms with Crippen LogP contribution in [0.2, 0.25) is 5.02 Å². The first-order chi connectivity index (χ1) is 10.7. The van der Waals surface area contributed by atoms with E-state index < -0.39 is 0 Å². The monoisotopic (exact) mass is 322 g/mol. The number of pyridine rings is 1. The second kappa shape index (κ2) is 8.83. The smallest absolute Gasteiger partial charge is 0.129 e. The van der Waals surface area contributed by atoms with Crippen molar-refractivity contribution in [2.75, 3.05) is 20.3 Å². The summed E-state index contributed by atoms with van der Waals surface area (Å²) in [5.74, 6) is -0.273. The maximum Gasteiger partial charge on any atom is 0.129 e. The Balaban J connectivity index is 2.10. The topological polar surface area (TPSA) is 25.4 Å². The molecule has 0 aliphatic carbocycles. The van der Waals surface area contributed by atoms with Gasteiger partial charge in [-0.3, -0.25) is 9.88 Å². The van der Waals surface area contributed by atoms with E-state index in [9.17, 15) is 4.39 Å². The van der Waals surface area contributed by atoms with Crippen LogP contribution in [-0.4, -0.2) is 30.1 Å². The van der Waals surface area contributed by atoms with Crippen molar-refractivity contribution < 1.29 is 9.13 Å². The molecule has 0 bridgehead atoms. The van der Waals surface area contributed by atoms with E-state index in [-0.39, 0.29) is 5.82 Å². The second-order valence-electron chi connectivity index (χ2n) is 5.08. The molecule has 0 saturated heterocycles. The minimum Gasteiger partial charge on any atom is -0.385 e. The lowest BCUT2D eigenvalue weighted by molar-refractivity contribution is 0.165. The van der Waals surface area contributed by atoms with E-state index >= 15 is 0 Å². The van der Waals surface area contributed by atoms with Crippen LogP contribution in [0.15, 0.2) is 42.6 Å². The van der Waals surface area contributed by atoms with E-state index in [4.69, 9.17) is 16.3 Å². The van der Waals surface area contributed by atoms with E-state index in [1.807, 2.05) is 18.2 Å². The van der Waals surface area contributed by atoms with E-state index in [1.165, 1.54) is 6.07 Å². The summed E-state index contributed by atoms with van der Waals surface area (Å²) in [7, 11) is 1.68. The predicted octanol–water partition coefficient (Wildman–Crippen LogP) is 3.91. The van der Waals surface area contributed by atoms with Gasteiger partial charge in [0.1, 0.15) is 5.82 Å². The Morgan fingerprint density at radius 1 is 1.18 bits per heavy atom. The van der Waals surface area contributed by atoms with Crippen LogP contribution in [-0.2, 0) is 17.8 Å². The number of aromatic nitrogens is 1. The molecule has 1 heterocycles. The summed E-state index contributed by atoms with van der Waals surface area (Å²) < 4.78 is 19.1. The van der Waals surface area contributed by atoms with Crippen LogP contribution in [0.4, 0.5) is 4.39 Å². The maximum absolute atomic E-state index is 14.0. The van der Waals surface area contributed by atoms with Gasteiger partial charge in [-0.2, -0.15) is 0 Å². The molecule has 3 nitrogen and oxygen atoms in total. The van der Waals surface area contributed by atoms with Crippen LogP contribution in [0.25, 0.3) is 0 Å². The van der Waals surface area contributed by atoms with Gasteiger partial charge in [0.25, 0.3) is 0 Å². The Bertz CT molecular complexity index is 560. The number of rotatable bonds is 8. The van der Waals surface area contributed by atoms with Crippen molar-refractivity contribution in [3.05, 3.63) is 64.7 Å². The molecule has 2 aromatic rings. The number of hydrogen-bond acceptors (Lipinski definition) is 3. The van der Waals surface area contributed by atoms with Crippen molar-refractivity contribution in [1.29, 1.82) is 0 Å². The molecule has 1 aromatic carbocycles. The van der Waals surface area contributed by atoms with Crippen LogP contribution < -0.4 is 0 Å². The molecular formula is C17H20ClFN2O. The summed E-state index contributed by atoms with van der Waals surface area (Å²) in [4.78, 5) is 6.46. The third kappa shape index (κ3) is 5.05. The Morgan fingerprint density at radius 3 is 2.73 bits per heavy atom. The van der Waals surface area contributed by atoms with Gasteiger partial charge < -0.3 is 4.74 Å². The van der Waals surface area contributed by atoms with E-state index in [1.54, 1.807) is 25.4 Å². The lowest BCUT2D eigenvalue weighted by Crippen LogP contribution is -2.26. The highest BCUT2D eigenvalue weighted by molar-refractivity contribution is 6.31. The molecule has 0 aliphatic rings. The van der Waals surface area contributed by atoms with Gasteiger partial charge in [0, 0.05) is 50.1 Å². The molecule has 0 radical (unpaired) electrons. The van der Waals surface area contributed by atoms with Crippen LogP contribution >= 0.6 is 11.6 Å². The zero-order chi connectivity index (χ0) is 15.8. The largest absolute Gasteiger partial charge is 0.385 e. The summed E-state index contributed by atoms with van der Waals surface area (Å²) in [5.41, 5.74) is 1.48. The summed E-state index contributed by atoms with van der Waals surface area (Å²) >= 11 is 6.13. The molecule has 22 heavy (non-hydrogen) atoms.